The summed E-state index contributed by atoms with van der Waals surface area (Å²) >= 11 is 0. The summed E-state index contributed by atoms with van der Waals surface area (Å²) < 4.78 is 1.39. The monoisotopic (exact) mass is 519 g/mol. The average Bonchev–Trinajstić information content (AvgIpc) is 3.08. The minimum atomic E-state index is -1.21. The summed E-state index contributed by atoms with van der Waals surface area (Å²) in [5, 5.41) is 16.4. The Hall–Kier alpha value is -2.54. The average molecular weight is 519 g/mol. The Labute approximate surface area is 158 Å². The Morgan fingerprint density at radius 2 is 1.64 bits per heavy atom. The maximum absolute atomic E-state index is 10.6. The SMILES string of the molecule is [CH-]=O.[CH-]=O.[CH-]=O.[NH-]C(Cn1cc(Cc2ccccc2)nn1)C(=O)O.[Re]. The van der Waals surface area contributed by atoms with Gasteiger partial charge in [0.15, 0.2) is 0 Å². The largest absolute Gasteiger partial charge is 0.664 e. The van der Waals surface area contributed by atoms with E-state index in [2.05, 4.69) is 30.7 Å². The topological polar surface area (TPSA) is 143 Å². The quantitative estimate of drug-likeness (QED) is 0.450. The predicted octanol–water partition coefficient (Wildman–Crippen LogP) is 0.549. The molecular formula is C15H16N4O5Re-4. The number of nitrogens with zero attached hydrogens (tertiary/aromatic N) is 3. The molecule has 1 aromatic carbocycles. The second kappa shape index (κ2) is 17.8. The van der Waals surface area contributed by atoms with Gasteiger partial charge in [0.25, 0.3) is 5.97 Å². The molecule has 0 amide bonds. The van der Waals surface area contributed by atoms with Gasteiger partial charge in [-0.15, -0.1) is 5.10 Å². The number of carbonyl (C=O) groups excluding carboxylic acids is 3. The molecule has 0 bridgehead atoms. The number of benzene rings is 1. The molecule has 0 fully saturated rings. The number of rotatable bonds is 5. The zero-order chi connectivity index (χ0) is 19.0. The molecule has 1 heterocycles. The van der Waals surface area contributed by atoms with Crippen molar-refractivity contribution in [1.82, 2.24) is 15.0 Å². The molecule has 2 aromatic rings. The van der Waals surface area contributed by atoms with Crippen LogP contribution in [0.4, 0.5) is 0 Å². The molecule has 137 valence electrons. The van der Waals surface area contributed by atoms with E-state index in [1.54, 1.807) is 6.20 Å². The van der Waals surface area contributed by atoms with E-state index in [-0.39, 0.29) is 27.0 Å². The van der Waals surface area contributed by atoms with Gasteiger partial charge >= 0.3 is 0 Å². The van der Waals surface area contributed by atoms with Gasteiger partial charge in [-0.2, -0.15) is 0 Å². The molecule has 2 N–H and O–H groups in total. The van der Waals surface area contributed by atoms with Gasteiger partial charge in [0, 0.05) is 39.6 Å². The molecule has 1 unspecified atom stereocenters. The van der Waals surface area contributed by atoms with Crippen molar-refractivity contribution in [2.45, 2.75) is 19.0 Å². The fraction of sp³-hybridized carbons (Fsp3) is 0.200. The van der Waals surface area contributed by atoms with Crippen LogP contribution in [-0.2, 0) is 52.6 Å². The Morgan fingerprint density at radius 3 is 2.12 bits per heavy atom. The first kappa shape index (κ1) is 27.3. The molecule has 25 heavy (non-hydrogen) atoms. The van der Waals surface area contributed by atoms with Crippen molar-refractivity contribution in [2.75, 3.05) is 0 Å². The van der Waals surface area contributed by atoms with Crippen LogP contribution in [0.5, 0.6) is 0 Å². The van der Waals surface area contributed by atoms with E-state index >= 15 is 0 Å². The maximum Gasteiger partial charge on any atom is 0.287 e. The number of carboxylic acid groups (broad SMARTS) is 1. The number of hydrogen-bond donors (Lipinski definition) is 1. The molecule has 0 saturated carbocycles. The number of aliphatic carboxylic acids is 1. The molecule has 2 rings (SSSR count). The van der Waals surface area contributed by atoms with E-state index in [1.807, 2.05) is 30.3 Å². The first-order valence-corrected chi connectivity index (χ1v) is 6.22. The van der Waals surface area contributed by atoms with Crippen molar-refractivity contribution in [2.24, 2.45) is 0 Å². The van der Waals surface area contributed by atoms with E-state index in [4.69, 9.17) is 25.2 Å². The van der Waals surface area contributed by atoms with Crippen LogP contribution in [0.1, 0.15) is 11.3 Å². The first-order valence-electron chi connectivity index (χ1n) is 6.22. The molecule has 0 aliphatic heterocycles. The molecular weight excluding hydrogens is 502 g/mol. The fourth-order valence-electron chi connectivity index (χ4n) is 1.58. The van der Waals surface area contributed by atoms with Gasteiger partial charge in [-0.3, -0.25) is 29.8 Å². The van der Waals surface area contributed by atoms with Gasteiger partial charge < -0.3 is 25.2 Å². The van der Waals surface area contributed by atoms with Gasteiger partial charge in [0.05, 0.1) is 5.69 Å². The molecule has 0 aliphatic carbocycles. The summed E-state index contributed by atoms with van der Waals surface area (Å²) in [5.74, 6) is -1.16. The minimum Gasteiger partial charge on any atom is -0.664 e. The Balaban J connectivity index is -0.000000626. The van der Waals surface area contributed by atoms with Gasteiger partial charge in [-0.05, 0) is 11.6 Å². The summed E-state index contributed by atoms with van der Waals surface area (Å²) in [6.45, 7) is 9.76. The molecule has 9 nitrogen and oxygen atoms in total. The zero-order valence-electron chi connectivity index (χ0n) is 13.0. The third-order valence-corrected chi connectivity index (χ3v) is 2.48. The summed E-state index contributed by atoms with van der Waals surface area (Å²) in [6, 6.07) is 8.61. The Kier molecular flexibility index (Phi) is 19.5. The van der Waals surface area contributed by atoms with E-state index in [1.165, 1.54) is 4.68 Å². The van der Waals surface area contributed by atoms with Crippen LogP contribution in [-0.4, -0.2) is 52.5 Å². The number of carboxylic acids is 1. The third kappa shape index (κ3) is 11.6. The standard InChI is InChI=1S/C12H13N4O2.3CHO.Re/c13-11(12(17)18)8-16-7-10(14-15-16)6-9-4-2-1-3-5-9;3*1-2;/h1-5,7,11,13H,6,8H2,(H,17,18);3*1H;/q4*-1;. The minimum absolute atomic E-state index is 0. The van der Waals surface area contributed by atoms with Crippen LogP contribution in [0.25, 0.3) is 5.73 Å². The van der Waals surface area contributed by atoms with Gasteiger partial charge in [-0.25, -0.2) is 0 Å². The number of aromatic nitrogens is 3. The van der Waals surface area contributed by atoms with E-state index in [0.717, 1.165) is 11.3 Å². The van der Waals surface area contributed by atoms with Crippen LogP contribution < -0.4 is 0 Å². The maximum atomic E-state index is 10.6. The van der Waals surface area contributed by atoms with Gasteiger partial charge in [-0.1, -0.05) is 35.5 Å². The van der Waals surface area contributed by atoms with E-state index in [9.17, 15) is 4.79 Å². The number of nitrogens with one attached hydrogen (secondary N) is 1. The van der Waals surface area contributed by atoms with Crippen LogP contribution >= 0.6 is 0 Å². The second-order valence-corrected chi connectivity index (χ2v) is 3.99. The molecule has 0 saturated heterocycles. The van der Waals surface area contributed by atoms with Crippen LogP contribution in [0.15, 0.2) is 36.5 Å². The van der Waals surface area contributed by atoms with Crippen molar-refractivity contribution in [1.29, 1.82) is 0 Å². The first-order chi connectivity index (χ1) is 11.6. The van der Waals surface area contributed by atoms with Crippen LogP contribution in [0.3, 0.4) is 0 Å². The third-order valence-electron chi connectivity index (χ3n) is 2.48. The smallest absolute Gasteiger partial charge is 0.287 e. The molecule has 1 aromatic heterocycles. The van der Waals surface area contributed by atoms with Crippen LogP contribution in [0.2, 0.25) is 0 Å². The summed E-state index contributed by atoms with van der Waals surface area (Å²) in [7, 11) is 0. The van der Waals surface area contributed by atoms with Crippen molar-refractivity contribution in [3.05, 3.63) is 53.5 Å². The number of hydrogen-bond acceptors (Lipinski definition) is 6. The molecule has 10 heteroatoms. The van der Waals surface area contributed by atoms with Gasteiger partial charge in [0.1, 0.15) is 0 Å². The van der Waals surface area contributed by atoms with Gasteiger partial charge in [0.2, 0.25) is 0 Å². The molecule has 1 atom stereocenters. The second-order valence-electron chi connectivity index (χ2n) is 3.99. The van der Waals surface area contributed by atoms with Crippen molar-refractivity contribution < 1.29 is 44.7 Å². The predicted molar refractivity (Wildman–Crippen MR) is 85.3 cm³/mol. The Bertz CT molecular complexity index is 578. The Morgan fingerprint density at radius 1 is 1.12 bits per heavy atom. The fourth-order valence-corrected chi connectivity index (χ4v) is 1.58. The zero-order valence-corrected chi connectivity index (χ0v) is 15.7. The molecule has 1 radical (unpaired) electrons. The van der Waals surface area contributed by atoms with Crippen LogP contribution in [0, 0.1) is 0 Å². The van der Waals surface area contributed by atoms with Crippen molar-refractivity contribution in [3.8, 4) is 0 Å². The summed E-state index contributed by atoms with van der Waals surface area (Å²) in [6.07, 6.45) is 2.33. The normalized spacial score (nSPS) is 9.32. The van der Waals surface area contributed by atoms with E-state index < -0.39 is 12.0 Å². The number of carbonyl (C=O) groups is 1. The summed E-state index contributed by atoms with van der Waals surface area (Å²) in [4.78, 5) is 33.8. The summed E-state index contributed by atoms with van der Waals surface area (Å²) in [5.41, 5.74) is 9.19. The van der Waals surface area contributed by atoms with Crippen molar-refractivity contribution >= 4 is 26.3 Å². The van der Waals surface area contributed by atoms with E-state index in [0.29, 0.717) is 6.42 Å². The molecule has 0 spiro atoms. The molecule has 0 aliphatic rings. The van der Waals surface area contributed by atoms with Crippen molar-refractivity contribution in [3.63, 3.8) is 0 Å².